The molecule has 1 fully saturated rings. The third-order valence-corrected chi connectivity index (χ3v) is 3.57. The standard InChI is InChI=1S/C16H25NO/c1-4-18-11-13(3)17-16(15-9-10-15)14-7-5-12(2)6-8-14/h5-8,13,15-17H,4,9-11H2,1-3H3. The monoisotopic (exact) mass is 247 g/mol. The molecule has 0 spiro atoms. The van der Waals surface area contributed by atoms with Gasteiger partial charge in [0.25, 0.3) is 0 Å². The van der Waals surface area contributed by atoms with Gasteiger partial charge >= 0.3 is 0 Å². The van der Waals surface area contributed by atoms with Gasteiger partial charge in [-0.1, -0.05) is 29.8 Å². The molecule has 1 N–H and O–H groups in total. The summed E-state index contributed by atoms with van der Waals surface area (Å²) in [7, 11) is 0. The molecule has 2 nitrogen and oxygen atoms in total. The summed E-state index contributed by atoms with van der Waals surface area (Å²) in [4.78, 5) is 0. The second kappa shape index (κ2) is 6.35. The van der Waals surface area contributed by atoms with Gasteiger partial charge in [0.05, 0.1) is 6.61 Å². The second-order valence-electron chi connectivity index (χ2n) is 5.45. The molecule has 0 saturated heterocycles. The van der Waals surface area contributed by atoms with Gasteiger partial charge in [-0.05, 0) is 45.1 Å². The quantitative estimate of drug-likeness (QED) is 0.796. The van der Waals surface area contributed by atoms with Gasteiger partial charge in [0.2, 0.25) is 0 Å². The topological polar surface area (TPSA) is 21.3 Å². The first-order valence-electron chi connectivity index (χ1n) is 7.11. The first-order chi connectivity index (χ1) is 8.70. The van der Waals surface area contributed by atoms with E-state index in [9.17, 15) is 0 Å². The fourth-order valence-electron chi connectivity index (χ4n) is 2.36. The Kier molecular flexibility index (Phi) is 4.79. The van der Waals surface area contributed by atoms with Crippen molar-refractivity contribution in [2.24, 2.45) is 5.92 Å². The Morgan fingerprint density at radius 1 is 1.28 bits per heavy atom. The molecule has 100 valence electrons. The highest BCUT2D eigenvalue weighted by Gasteiger charge is 2.32. The molecule has 18 heavy (non-hydrogen) atoms. The van der Waals surface area contributed by atoms with Crippen molar-refractivity contribution in [2.45, 2.75) is 45.7 Å². The number of hydrogen-bond acceptors (Lipinski definition) is 2. The molecule has 0 bridgehead atoms. The lowest BCUT2D eigenvalue weighted by atomic mass is 10.0. The average molecular weight is 247 g/mol. The molecule has 1 aliphatic carbocycles. The van der Waals surface area contributed by atoms with Crippen LogP contribution < -0.4 is 5.32 Å². The smallest absolute Gasteiger partial charge is 0.0616 e. The van der Waals surface area contributed by atoms with Crippen LogP contribution in [0.5, 0.6) is 0 Å². The molecule has 2 atom stereocenters. The SMILES string of the molecule is CCOCC(C)NC(c1ccc(C)cc1)C1CC1. The van der Waals surface area contributed by atoms with E-state index in [-0.39, 0.29) is 0 Å². The van der Waals surface area contributed by atoms with Crippen molar-refractivity contribution in [1.82, 2.24) is 5.32 Å². The molecular formula is C16H25NO. The Labute approximate surface area is 111 Å². The van der Waals surface area contributed by atoms with Crippen LogP contribution in [-0.4, -0.2) is 19.3 Å². The Morgan fingerprint density at radius 3 is 2.50 bits per heavy atom. The zero-order chi connectivity index (χ0) is 13.0. The van der Waals surface area contributed by atoms with Crippen LogP contribution in [0.25, 0.3) is 0 Å². The Bertz CT molecular complexity index is 356. The summed E-state index contributed by atoms with van der Waals surface area (Å²) in [6, 6.07) is 9.86. The first kappa shape index (κ1) is 13.6. The van der Waals surface area contributed by atoms with Crippen LogP contribution in [0.15, 0.2) is 24.3 Å². The maximum Gasteiger partial charge on any atom is 0.0616 e. The van der Waals surface area contributed by atoms with E-state index in [0.29, 0.717) is 12.1 Å². The number of benzene rings is 1. The predicted molar refractivity (Wildman–Crippen MR) is 75.7 cm³/mol. The highest BCUT2D eigenvalue weighted by molar-refractivity contribution is 5.25. The molecule has 0 heterocycles. The van der Waals surface area contributed by atoms with E-state index in [1.807, 2.05) is 6.92 Å². The summed E-state index contributed by atoms with van der Waals surface area (Å²) in [5, 5.41) is 3.72. The summed E-state index contributed by atoms with van der Waals surface area (Å²) in [6.45, 7) is 7.99. The van der Waals surface area contributed by atoms with E-state index in [1.165, 1.54) is 24.0 Å². The molecule has 1 saturated carbocycles. The Hall–Kier alpha value is -0.860. The van der Waals surface area contributed by atoms with Crippen molar-refractivity contribution >= 4 is 0 Å². The molecular weight excluding hydrogens is 222 g/mol. The molecule has 1 aliphatic rings. The highest BCUT2D eigenvalue weighted by Crippen LogP contribution is 2.41. The number of hydrogen-bond donors (Lipinski definition) is 1. The van der Waals surface area contributed by atoms with E-state index in [4.69, 9.17) is 4.74 Å². The Morgan fingerprint density at radius 2 is 1.94 bits per heavy atom. The van der Waals surface area contributed by atoms with Gasteiger partial charge in [0, 0.05) is 18.7 Å². The summed E-state index contributed by atoms with van der Waals surface area (Å²) < 4.78 is 5.49. The summed E-state index contributed by atoms with van der Waals surface area (Å²) in [5.74, 6) is 0.816. The number of aryl methyl sites for hydroxylation is 1. The zero-order valence-corrected chi connectivity index (χ0v) is 11.8. The summed E-state index contributed by atoms with van der Waals surface area (Å²) in [6.07, 6.45) is 2.71. The van der Waals surface area contributed by atoms with Crippen molar-refractivity contribution in [3.05, 3.63) is 35.4 Å². The largest absolute Gasteiger partial charge is 0.380 e. The highest BCUT2D eigenvalue weighted by atomic mass is 16.5. The zero-order valence-electron chi connectivity index (χ0n) is 11.8. The summed E-state index contributed by atoms with van der Waals surface area (Å²) in [5.41, 5.74) is 2.75. The molecule has 1 aromatic carbocycles. The van der Waals surface area contributed by atoms with E-state index in [2.05, 4.69) is 43.4 Å². The third-order valence-electron chi connectivity index (χ3n) is 3.57. The molecule has 0 amide bonds. The summed E-state index contributed by atoms with van der Waals surface area (Å²) >= 11 is 0. The van der Waals surface area contributed by atoms with E-state index < -0.39 is 0 Å². The minimum absolute atomic E-state index is 0.414. The molecule has 0 aliphatic heterocycles. The van der Waals surface area contributed by atoms with E-state index in [0.717, 1.165) is 19.1 Å². The lowest BCUT2D eigenvalue weighted by molar-refractivity contribution is 0.122. The third kappa shape index (κ3) is 3.82. The maximum atomic E-state index is 5.49. The fraction of sp³-hybridized carbons (Fsp3) is 0.625. The minimum atomic E-state index is 0.414. The van der Waals surface area contributed by atoms with E-state index in [1.54, 1.807) is 0 Å². The van der Waals surface area contributed by atoms with Crippen molar-refractivity contribution in [3.63, 3.8) is 0 Å². The molecule has 1 aromatic rings. The number of nitrogens with one attached hydrogen (secondary N) is 1. The van der Waals surface area contributed by atoms with Gasteiger partial charge in [-0.25, -0.2) is 0 Å². The van der Waals surface area contributed by atoms with Crippen LogP contribution in [0.3, 0.4) is 0 Å². The normalized spacial score (nSPS) is 18.6. The van der Waals surface area contributed by atoms with Crippen molar-refractivity contribution < 1.29 is 4.74 Å². The Balaban J connectivity index is 1.97. The molecule has 2 heteroatoms. The molecule has 2 rings (SSSR count). The average Bonchev–Trinajstić information content (AvgIpc) is 3.19. The van der Waals surface area contributed by atoms with Crippen LogP contribution in [0.2, 0.25) is 0 Å². The van der Waals surface area contributed by atoms with Crippen LogP contribution in [0.1, 0.15) is 43.9 Å². The lowest BCUT2D eigenvalue weighted by Crippen LogP contribution is -2.35. The van der Waals surface area contributed by atoms with Gasteiger partial charge in [0.1, 0.15) is 0 Å². The van der Waals surface area contributed by atoms with Gasteiger partial charge in [-0.2, -0.15) is 0 Å². The second-order valence-corrected chi connectivity index (χ2v) is 5.45. The first-order valence-corrected chi connectivity index (χ1v) is 7.11. The molecule has 0 radical (unpaired) electrons. The van der Waals surface area contributed by atoms with Gasteiger partial charge in [-0.15, -0.1) is 0 Å². The lowest BCUT2D eigenvalue weighted by Gasteiger charge is -2.23. The van der Waals surface area contributed by atoms with Crippen LogP contribution in [0.4, 0.5) is 0 Å². The van der Waals surface area contributed by atoms with Gasteiger partial charge in [-0.3, -0.25) is 0 Å². The van der Waals surface area contributed by atoms with Gasteiger partial charge in [0.15, 0.2) is 0 Å². The number of ether oxygens (including phenoxy) is 1. The van der Waals surface area contributed by atoms with Crippen LogP contribution in [-0.2, 0) is 4.74 Å². The van der Waals surface area contributed by atoms with E-state index >= 15 is 0 Å². The fourth-order valence-corrected chi connectivity index (χ4v) is 2.36. The van der Waals surface area contributed by atoms with Crippen LogP contribution in [0, 0.1) is 12.8 Å². The maximum absolute atomic E-state index is 5.49. The van der Waals surface area contributed by atoms with Crippen molar-refractivity contribution in [3.8, 4) is 0 Å². The minimum Gasteiger partial charge on any atom is -0.380 e. The number of rotatable bonds is 7. The van der Waals surface area contributed by atoms with Gasteiger partial charge < -0.3 is 10.1 Å². The molecule has 0 aromatic heterocycles. The molecule has 2 unspecified atom stereocenters. The van der Waals surface area contributed by atoms with Crippen molar-refractivity contribution in [2.75, 3.05) is 13.2 Å². The van der Waals surface area contributed by atoms with Crippen molar-refractivity contribution in [1.29, 1.82) is 0 Å². The predicted octanol–water partition coefficient (Wildman–Crippen LogP) is 3.46. The van der Waals surface area contributed by atoms with Crippen LogP contribution >= 0.6 is 0 Å².